The van der Waals surface area contributed by atoms with Crippen LogP contribution in [0.25, 0.3) is 0 Å². The summed E-state index contributed by atoms with van der Waals surface area (Å²) in [6, 6.07) is -0.852. The largest absolute Gasteiger partial charge is 0.481 e. The Morgan fingerprint density at radius 3 is 2.74 bits per heavy atom. The summed E-state index contributed by atoms with van der Waals surface area (Å²) in [5.74, 6) is -1.44. The number of nitrogens with one attached hydrogen (secondary N) is 4. The summed E-state index contributed by atoms with van der Waals surface area (Å²) in [7, 11) is 0. The molecule has 1 aromatic heterocycles. The molecule has 3 amide bonds. The number of hydrogen-bond acceptors (Lipinski definition) is 7. The van der Waals surface area contributed by atoms with Crippen molar-refractivity contribution in [3.8, 4) is 0 Å². The minimum absolute atomic E-state index is 0.0146. The molecule has 5 N–H and O–H groups in total. The van der Waals surface area contributed by atoms with Crippen molar-refractivity contribution in [2.24, 2.45) is 0 Å². The molecule has 2 rings (SSSR count). The summed E-state index contributed by atoms with van der Waals surface area (Å²) in [4.78, 5) is 54.1. The van der Waals surface area contributed by atoms with Crippen molar-refractivity contribution in [2.45, 2.75) is 56.5 Å². The van der Waals surface area contributed by atoms with Gasteiger partial charge in [0.05, 0.1) is 18.7 Å². The fourth-order valence-electron chi connectivity index (χ4n) is 2.87. The molecule has 2 atom stereocenters. The highest BCUT2D eigenvalue weighted by Crippen LogP contribution is 2.22. The van der Waals surface area contributed by atoms with Gasteiger partial charge in [-0.25, -0.2) is 4.98 Å². The van der Waals surface area contributed by atoms with E-state index in [4.69, 9.17) is 9.84 Å². The molecule has 11 nitrogen and oxygen atoms in total. The van der Waals surface area contributed by atoms with Gasteiger partial charge in [0.2, 0.25) is 17.7 Å². The summed E-state index contributed by atoms with van der Waals surface area (Å²) < 4.78 is 5.60. The molecule has 12 heteroatoms. The van der Waals surface area contributed by atoms with Crippen LogP contribution in [0.15, 0.2) is 12.4 Å². The third-order valence-electron chi connectivity index (χ3n) is 4.50. The maximum absolute atomic E-state index is 12.6. The van der Waals surface area contributed by atoms with Crippen molar-refractivity contribution in [3.63, 3.8) is 0 Å². The number of carboxylic acid groups (broad SMARTS) is 1. The van der Waals surface area contributed by atoms with Crippen LogP contribution in [0.5, 0.6) is 0 Å². The zero-order chi connectivity index (χ0) is 22.5. The molecule has 172 valence electrons. The van der Waals surface area contributed by atoms with E-state index in [1.807, 2.05) is 0 Å². The highest BCUT2D eigenvalue weighted by atomic mass is 32.2. The predicted molar refractivity (Wildman–Crippen MR) is 113 cm³/mol. The number of carboxylic acids is 1. The molecular formula is C19H29N5O6S. The van der Waals surface area contributed by atoms with Crippen LogP contribution in [-0.2, 0) is 30.5 Å². The summed E-state index contributed by atoms with van der Waals surface area (Å²) in [5, 5.41) is 16.6. The standard InChI is InChI=1S/C19H29N5O6S/c25-15(4-5-17(27)28)22-7-6-13(19(29)23-11-14-20-8-9-21-14)24-16(26)12-31-18-3-1-2-10-30-18/h8-9,13,18H,1-7,10-12H2,(H,20,21)(H,22,25)(H,23,29)(H,24,26)(H,27,28). The maximum atomic E-state index is 12.6. The van der Waals surface area contributed by atoms with E-state index in [2.05, 4.69) is 25.9 Å². The molecule has 1 aliphatic rings. The van der Waals surface area contributed by atoms with Crippen molar-refractivity contribution >= 4 is 35.5 Å². The first-order valence-corrected chi connectivity index (χ1v) is 11.3. The molecule has 1 aromatic rings. The Labute approximate surface area is 184 Å². The number of carbonyl (C=O) groups excluding carboxylic acids is 3. The van der Waals surface area contributed by atoms with E-state index in [0.717, 1.165) is 19.3 Å². The number of rotatable bonds is 13. The van der Waals surface area contributed by atoms with E-state index in [-0.39, 0.29) is 49.4 Å². The number of ether oxygens (including phenoxy) is 1. The van der Waals surface area contributed by atoms with Crippen LogP contribution in [0.1, 0.15) is 44.3 Å². The Bertz CT molecular complexity index is 723. The number of carbonyl (C=O) groups is 4. The topological polar surface area (TPSA) is 163 Å². The molecule has 0 saturated carbocycles. The number of imidazole rings is 1. The van der Waals surface area contributed by atoms with E-state index in [1.165, 1.54) is 11.8 Å². The van der Waals surface area contributed by atoms with Crippen LogP contribution in [0.3, 0.4) is 0 Å². The Kier molecular flexibility index (Phi) is 10.9. The number of hydrogen-bond donors (Lipinski definition) is 5. The van der Waals surface area contributed by atoms with Crippen LogP contribution >= 0.6 is 11.8 Å². The van der Waals surface area contributed by atoms with Gasteiger partial charge in [0.25, 0.3) is 0 Å². The van der Waals surface area contributed by atoms with Gasteiger partial charge < -0.3 is 30.8 Å². The van der Waals surface area contributed by atoms with Gasteiger partial charge in [0, 0.05) is 32.0 Å². The van der Waals surface area contributed by atoms with Gasteiger partial charge in [0.15, 0.2) is 0 Å². The quantitative estimate of drug-likeness (QED) is 0.280. The van der Waals surface area contributed by atoms with Gasteiger partial charge in [0.1, 0.15) is 17.3 Å². The monoisotopic (exact) mass is 455 g/mol. The van der Waals surface area contributed by atoms with Crippen LogP contribution in [0, 0.1) is 0 Å². The first kappa shape index (κ1) is 24.7. The third kappa shape index (κ3) is 10.3. The number of thioether (sulfide) groups is 1. The molecule has 0 radical (unpaired) electrons. The Morgan fingerprint density at radius 2 is 2.06 bits per heavy atom. The minimum Gasteiger partial charge on any atom is -0.481 e. The second-order valence-electron chi connectivity index (χ2n) is 7.01. The Morgan fingerprint density at radius 1 is 1.23 bits per heavy atom. The van der Waals surface area contributed by atoms with Crippen LogP contribution in [0.2, 0.25) is 0 Å². The number of aliphatic carboxylic acids is 1. The molecule has 0 bridgehead atoms. The number of H-pyrrole nitrogens is 1. The maximum Gasteiger partial charge on any atom is 0.303 e. The third-order valence-corrected chi connectivity index (χ3v) is 5.67. The predicted octanol–water partition coefficient (Wildman–Crippen LogP) is 0.142. The number of nitrogens with zero attached hydrogens (tertiary/aromatic N) is 1. The van der Waals surface area contributed by atoms with Crippen molar-refractivity contribution < 1.29 is 29.0 Å². The Hall–Kier alpha value is -2.60. The molecule has 2 unspecified atom stereocenters. The van der Waals surface area contributed by atoms with Crippen molar-refractivity contribution in [2.75, 3.05) is 18.9 Å². The fourth-order valence-corrected chi connectivity index (χ4v) is 3.82. The van der Waals surface area contributed by atoms with E-state index in [1.54, 1.807) is 12.4 Å². The van der Waals surface area contributed by atoms with Crippen molar-refractivity contribution in [3.05, 3.63) is 18.2 Å². The van der Waals surface area contributed by atoms with Crippen LogP contribution in [0.4, 0.5) is 0 Å². The van der Waals surface area contributed by atoms with E-state index in [0.29, 0.717) is 12.4 Å². The molecule has 0 spiro atoms. The van der Waals surface area contributed by atoms with E-state index < -0.39 is 23.8 Å². The van der Waals surface area contributed by atoms with Crippen LogP contribution < -0.4 is 16.0 Å². The second kappa shape index (κ2) is 13.7. The van der Waals surface area contributed by atoms with Crippen molar-refractivity contribution in [1.29, 1.82) is 0 Å². The van der Waals surface area contributed by atoms with E-state index in [9.17, 15) is 19.2 Å². The first-order chi connectivity index (χ1) is 14.9. The molecule has 1 fully saturated rings. The van der Waals surface area contributed by atoms with Crippen molar-refractivity contribution in [1.82, 2.24) is 25.9 Å². The summed E-state index contributed by atoms with van der Waals surface area (Å²) in [6.07, 6.45) is 5.95. The van der Waals surface area contributed by atoms with Gasteiger partial charge in [-0.3, -0.25) is 19.2 Å². The molecule has 0 aliphatic carbocycles. The van der Waals surface area contributed by atoms with Gasteiger partial charge in [-0.15, -0.1) is 11.8 Å². The normalized spacial score (nSPS) is 16.8. The summed E-state index contributed by atoms with van der Waals surface area (Å²) in [6.45, 7) is 0.989. The highest BCUT2D eigenvalue weighted by molar-refractivity contribution is 8.00. The zero-order valence-corrected chi connectivity index (χ0v) is 18.0. The summed E-state index contributed by atoms with van der Waals surface area (Å²) in [5.41, 5.74) is -0.0146. The lowest BCUT2D eigenvalue weighted by Crippen LogP contribution is -2.48. The average Bonchev–Trinajstić information content (AvgIpc) is 3.28. The molecule has 1 aliphatic heterocycles. The van der Waals surface area contributed by atoms with Gasteiger partial charge in [-0.2, -0.15) is 0 Å². The minimum atomic E-state index is -1.06. The van der Waals surface area contributed by atoms with Crippen LogP contribution in [-0.4, -0.2) is 69.1 Å². The number of amides is 3. The highest BCUT2D eigenvalue weighted by Gasteiger charge is 2.22. The Balaban J connectivity index is 1.81. The second-order valence-corrected chi connectivity index (χ2v) is 8.16. The lowest BCUT2D eigenvalue weighted by atomic mass is 10.1. The molecule has 31 heavy (non-hydrogen) atoms. The lowest BCUT2D eigenvalue weighted by Gasteiger charge is -2.22. The number of aromatic nitrogens is 2. The molecule has 2 heterocycles. The number of aromatic amines is 1. The van der Waals surface area contributed by atoms with E-state index >= 15 is 0 Å². The lowest BCUT2D eigenvalue weighted by molar-refractivity contribution is -0.138. The SMILES string of the molecule is O=C(O)CCC(=O)NCCC(NC(=O)CSC1CCCCO1)C(=O)NCc1ncc[nH]1. The molecule has 0 aromatic carbocycles. The smallest absolute Gasteiger partial charge is 0.303 e. The molecular weight excluding hydrogens is 426 g/mol. The first-order valence-electron chi connectivity index (χ1n) is 10.2. The average molecular weight is 456 g/mol. The zero-order valence-electron chi connectivity index (χ0n) is 17.2. The van der Waals surface area contributed by atoms with Gasteiger partial charge in [-0.05, 0) is 25.7 Å². The van der Waals surface area contributed by atoms with Gasteiger partial charge >= 0.3 is 5.97 Å². The van der Waals surface area contributed by atoms with Gasteiger partial charge in [-0.1, -0.05) is 0 Å². The fraction of sp³-hybridized carbons (Fsp3) is 0.632. The molecule has 1 saturated heterocycles. The summed E-state index contributed by atoms with van der Waals surface area (Å²) >= 11 is 1.40.